The molecule has 1 aliphatic heterocycles. The zero-order chi connectivity index (χ0) is 26.5. The van der Waals surface area contributed by atoms with Crippen LogP contribution < -0.4 is 14.2 Å². The molecule has 1 fully saturated rings. The molecule has 0 atom stereocenters. The number of rotatable bonds is 9. The normalized spacial score (nSPS) is 13.9. The molecule has 5 nitrogen and oxygen atoms in total. The average molecular weight is 530 g/mol. The summed E-state index contributed by atoms with van der Waals surface area (Å²) in [5.41, 5.74) is 2.77. The van der Waals surface area contributed by atoms with E-state index in [1.165, 1.54) is 19.3 Å². The van der Waals surface area contributed by atoms with E-state index in [9.17, 15) is 4.79 Å². The van der Waals surface area contributed by atoms with Crippen LogP contribution in [-0.4, -0.2) is 51.1 Å². The van der Waals surface area contributed by atoms with Gasteiger partial charge < -0.3 is 14.2 Å². The summed E-state index contributed by atoms with van der Waals surface area (Å²) in [6, 6.07) is 22.6. The van der Waals surface area contributed by atoms with Crippen molar-refractivity contribution in [1.29, 1.82) is 0 Å². The number of ether oxygens (including phenoxy) is 3. The molecule has 0 aliphatic carbocycles. The third-order valence-electron chi connectivity index (χ3n) is 7.15. The van der Waals surface area contributed by atoms with Crippen LogP contribution in [-0.2, 0) is 0 Å². The molecule has 1 aliphatic rings. The minimum atomic E-state index is -0.0763. The lowest BCUT2D eigenvalue weighted by Crippen LogP contribution is -2.33. The molecule has 5 rings (SSSR count). The average Bonchev–Trinajstić information content (AvgIpc) is 2.96. The molecule has 4 aromatic rings. The first-order valence-electron chi connectivity index (χ1n) is 13.0. The van der Waals surface area contributed by atoms with Gasteiger partial charge in [-0.3, -0.25) is 9.69 Å². The van der Waals surface area contributed by atoms with Gasteiger partial charge in [0.1, 0.15) is 23.9 Å². The van der Waals surface area contributed by atoms with Crippen LogP contribution in [0, 0.1) is 0 Å². The number of hydrogen-bond donors (Lipinski definition) is 0. The Balaban J connectivity index is 1.47. The van der Waals surface area contributed by atoms with Crippen molar-refractivity contribution in [3.63, 3.8) is 0 Å². The molecule has 0 radical (unpaired) electrons. The van der Waals surface area contributed by atoms with Gasteiger partial charge in [-0.05, 0) is 103 Å². The molecule has 0 unspecified atom stereocenters. The fourth-order valence-electron chi connectivity index (χ4n) is 5.11. The highest BCUT2D eigenvalue weighted by Gasteiger charge is 2.21. The number of nitrogens with zero attached hydrogens (tertiary/aromatic N) is 1. The minimum Gasteiger partial charge on any atom is -0.497 e. The van der Waals surface area contributed by atoms with Gasteiger partial charge in [-0.2, -0.15) is 0 Å². The summed E-state index contributed by atoms with van der Waals surface area (Å²) in [5.74, 6) is 2.03. The van der Waals surface area contributed by atoms with Crippen LogP contribution in [0.25, 0.3) is 21.9 Å². The van der Waals surface area contributed by atoms with Crippen molar-refractivity contribution < 1.29 is 19.0 Å². The first kappa shape index (κ1) is 26.1. The second kappa shape index (κ2) is 11.9. The molecular weight excluding hydrogens is 498 g/mol. The number of ketones is 1. The quantitative estimate of drug-likeness (QED) is 0.213. The van der Waals surface area contributed by atoms with Crippen LogP contribution in [0.2, 0.25) is 5.02 Å². The summed E-state index contributed by atoms with van der Waals surface area (Å²) >= 11 is 6.23. The molecule has 0 aromatic heterocycles. The molecule has 38 heavy (non-hydrogen) atoms. The molecule has 4 aromatic carbocycles. The number of likely N-dealkylation sites (tertiary alicyclic amines) is 1. The van der Waals surface area contributed by atoms with Gasteiger partial charge >= 0.3 is 0 Å². The molecule has 0 saturated carbocycles. The Bertz CT molecular complexity index is 1430. The van der Waals surface area contributed by atoms with E-state index in [-0.39, 0.29) is 5.78 Å². The third-order valence-corrected chi connectivity index (χ3v) is 7.38. The summed E-state index contributed by atoms with van der Waals surface area (Å²) in [7, 11) is 3.24. The molecule has 0 bridgehead atoms. The van der Waals surface area contributed by atoms with Crippen LogP contribution in [0.1, 0.15) is 35.2 Å². The minimum absolute atomic E-state index is 0.0763. The van der Waals surface area contributed by atoms with Gasteiger partial charge in [0.2, 0.25) is 0 Å². The van der Waals surface area contributed by atoms with Crippen molar-refractivity contribution in [2.75, 3.05) is 40.5 Å². The maximum Gasteiger partial charge on any atom is 0.194 e. The number of hydrogen-bond acceptors (Lipinski definition) is 5. The lowest BCUT2D eigenvalue weighted by Gasteiger charge is -2.26. The van der Waals surface area contributed by atoms with E-state index < -0.39 is 0 Å². The van der Waals surface area contributed by atoms with E-state index in [2.05, 4.69) is 4.90 Å². The van der Waals surface area contributed by atoms with E-state index >= 15 is 0 Å². The molecule has 0 amide bonds. The Morgan fingerprint density at radius 1 is 0.816 bits per heavy atom. The summed E-state index contributed by atoms with van der Waals surface area (Å²) in [5, 5.41) is 2.33. The van der Waals surface area contributed by atoms with Gasteiger partial charge in [-0.15, -0.1) is 0 Å². The Morgan fingerprint density at radius 3 is 2.29 bits per heavy atom. The molecule has 1 heterocycles. The molecule has 1 saturated heterocycles. The number of carbonyl (C=O) groups excluding carboxylic acids is 1. The smallest absolute Gasteiger partial charge is 0.194 e. The SMILES string of the molecule is COc1ccc2c(C(=O)c3ccc(OCCN4CCCCC4)cc3)c(-c3ccc(Cl)cc3OC)ccc2c1. The summed E-state index contributed by atoms with van der Waals surface area (Å²) in [6.07, 6.45) is 3.85. The fourth-order valence-corrected chi connectivity index (χ4v) is 5.28. The number of halogens is 1. The maximum absolute atomic E-state index is 14.1. The lowest BCUT2D eigenvalue weighted by atomic mass is 9.89. The second-order valence-corrected chi connectivity index (χ2v) is 9.96. The van der Waals surface area contributed by atoms with E-state index in [1.54, 1.807) is 20.3 Å². The molecule has 6 heteroatoms. The Hall–Kier alpha value is -3.54. The second-order valence-electron chi connectivity index (χ2n) is 9.52. The van der Waals surface area contributed by atoms with Gasteiger partial charge in [0.25, 0.3) is 0 Å². The number of methoxy groups -OCH3 is 2. The number of piperidine rings is 1. The Labute approximate surface area is 228 Å². The molecular formula is C32H32ClNO4. The number of benzene rings is 4. The largest absolute Gasteiger partial charge is 0.497 e. The van der Waals surface area contributed by atoms with Crippen LogP contribution in [0.15, 0.2) is 72.8 Å². The first-order valence-corrected chi connectivity index (χ1v) is 13.4. The molecule has 196 valence electrons. The van der Waals surface area contributed by atoms with Crippen molar-refractivity contribution >= 4 is 28.2 Å². The highest BCUT2D eigenvalue weighted by molar-refractivity contribution is 6.31. The van der Waals surface area contributed by atoms with Crippen molar-refractivity contribution in [2.45, 2.75) is 19.3 Å². The highest BCUT2D eigenvalue weighted by atomic mass is 35.5. The highest BCUT2D eigenvalue weighted by Crippen LogP contribution is 2.39. The summed E-state index contributed by atoms with van der Waals surface area (Å²) < 4.78 is 17.0. The Morgan fingerprint density at radius 2 is 1.55 bits per heavy atom. The van der Waals surface area contributed by atoms with E-state index in [0.29, 0.717) is 28.5 Å². The van der Waals surface area contributed by atoms with Crippen LogP contribution in [0.5, 0.6) is 17.2 Å². The van der Waals surface area contributed by atoms with Crippen molar-refractivity contribution in [3.8, 4) is 28.4 Å². The lowest BCUT2D eigenvalue weighted by molar-refractivity contribution is 0.104. The van der Waals surface area contributed by atoms with Crippen molar-refractivity contribution in [2.24, 2.45) is 0 Å². The van der Waals surface area contributed by atoms with Gasteiger partial charge in [-0.1, -0.05) is 30.2 Å². The zero-order valence-electron chi connectivity index (χ0n) is 21.8. The standard InChI is InChI=1S/C32H32ClNO4/c1-36-26-12-15-27-23(20-26)8-13-29(28-14-9-24(33)21-30(28)37-2)31(27)32(35)22-6-10-25(11-7-22)38-19-18-34-16-4-3-5-17-34/h6-15,20-21H,3-5,16-19H2,1-2H3. The summed E-state index contributed by atoms with van der Waals surface area (Å²) in [4.78, 5) is 16.5. The van der Waals surface area contributed by atoms with E-state index in [4.69, 9.17) is 25.8 Å². The van der Waals surface area contributed by atoms with E-state index in [0.717, 1.165) is 53.0 Å². The predicted molar refractivity (Wildman–Crippen MR) is 153 cm³/mol. The van der Waals surface area contributed by atoms with Gasteiger partial charge in [0.05, 0.1) is 14.2 Å². The van der Waals surface area contributed by atoms with Gasteiger partial charge in [0, 0.05) is 28.3 Å². The van der Waals surface area contributed by atoms with Crippen molar-refractivity contribution in [3.05, 3.63) is 88.9 Å². The first-order chi connectivity index (χ1) is 18.6. The molecule has 0 N–H and O–H groups in total. The fraction of sp³-hybridized carbons (Fsp3) is 0.281. The zero-order valence-corrected chi connectivity index (χ0v) is 22.6. The monoisotopic (exact) mass is 529 g/mol. The molecule has 0 spiro atoms. The van der Waals surface area contributed by atoms with Crippen molar-refractivity contribution in [1.82, 2.24) is 4.90 Å². The maximum atomic E-state index is 14.1. The Kier molecular flexibility index (Phi) is 8.16. The van der Waals surface area contributed by atoms with Crippen LogP contribution in [0.4, 0.5) is 0 Å². The third kappa shape index (κ3) is 5.64. The van der Waals surface area contributed by atoms with Gasteiger partial charge in [-0.25, -0.2) is 0 Å². The predicted octanol–water partition coefficient (Wildman–Crippen LogP) is 7.27. The summed E-state index contributed by atoms with van der Waals surface area (Å²) in [6.45, 7) is 3.86. The van der Waals surface area contributed by atoms with E-state index in [1.807, 2.05) is 66.7 Å². The number of fused-ring (bicyclic) bond motifs is 1. The number of carbonyl (C=O) groups is 1. The van der Waals surface area contributed by atoms with Gasteiger partial charge in [0.15, 0.2) is 5.78 Å². The van der Waals surface area contributed by atoms with Crippen LogP contribution >= 0.6 is 11.6 Å². The van der Waals surface area contributed by atoms with Crippen LogP contribution in [0.3, 0.4) is 0 Å². The topological polar surface area (TPSA) is 48.0 Å².